The van der Waals surface area contributed by atoms with Crippen molar-refractivity contribution in [1.29, 1.82) is 0 Å². The van der Waals surface area contributed by atoms with Crippen LogP contribution in [0.1, 0.15) is 12.8 Å². The second kappa shape index (κ2) is 12.1. The van der Waals surface area contributed by atoms with Crippen LogP contribution < -0.4 is 5.32 Å². The summed E-state index contributed by atoms with van der Waals surface area (Å²) in [5.41, 5.74) is 0. The van der Waals surface area contributed by atoms with Gasteiger partial charge in [0, 0.05) is 65.9 Å². The Morgan fingerprint density at radius 1 is 1.11 bits per heavy atom. The van der Waals surface area contributed by atoms with E-state index >= 15 is 0 Å². The molecule has 9 heteroatoms. The molecule has 3 aliphatic heterocycles. The molecular formula is C19H36IN5O3. The number of likely N-dealkylation sites (tertiary alicyclic amines) is 1. The number of amides is 1. The van der Waals surface area contributed by atoms with E-state index in [-0.39, 0.29) is 36.4 Å². The molecule has 28 heavy (non-hydrogen) atoms. The van der Waals surface area contributed by atoms with Crippen LogP contribution >= 0.6 is 24.0 Å². The van der Waals surface area contributed by atoms with E-state index in [1.165, 1.54) is 6.42 Å². The second-order valence-corrected chi connectivity index (χ2v) is 8.05. The van der Waals surface area contributed by atoms with E-state index < -0.39 is 0 Å². The molecule has 162 valence electrons. The summed E-state index contributed by atoms with van der Waals surface area (Å²) in [7, 11) is 3.55. The van der Waals surface area contributed by atoms with Gasteiger partial charge in [-0.05, 0) is 18.8 Å². The number of guanidine groups is 1. The summed E-state index contributed by atoms with van der Waals surface area (Å²) in [6, 6.07) is 0. The van der Waals surface area contributed by atoms with E-state index in [0.29, 0.717) is 11.8 Å². The fraction of sp³-hybridized carbons (Fsp3) is 0.895. The van der Waals surface area contributed by atoms with Gasteiger partial charge >= 0.3 is 0 Å². The third-order valence-corrected chi connectivity index (χ3v) is 5.64. The first kappa shape index (κ1) is 23.6. The lowest BCUT2D eigenvalue weighted by atomic mass is 10.1. The molecule has 0 spiro atoms. The molecule has 0 saturated carbocycles. The monoisotopic (exact) mass is 509 g/mol. The molecular weight excluding hydrogens is 473 g/mol. The van der Waals surface area contributed by atoms with E-state index in [9.17, 15) is 4.79 Å². The highest BCUT2D eigenvalue weighted by molar-refractivity contribution is 14.0. The summed E-state index contributed by atoms with van der Waals surface area (Å²) in [6.07, 6.45) is 2.27. The van der Waals surface area contributed by atoms with Crippen molar-refractivity contribution in [2.75, 3.05) is 86.3 Å². The molecule has 3 heterocycles. The Hall–Kier alpha value is -0.650. The van der Waals surface area contributed by atoms with Crippen molar-refractivity contribution in [3.63, 3.8) is 0 Å². The van der Waals surface area contributed by atoms with Crippen LogP contribution in [0.15, 0.2) is 4.99 Å². The van der Waals surface area contributed by atoms with Crippen molar-refractivity contribution in [3.05, 3.63) is 0 Å². The molecule has 2 atom stereocenters. The number of likely N-dealkylation sites (N-methyl/N-ethyl adjacent to an activating group) is 1. The number of halogens is 1. The largest absolute Gasteiger partial charge is 0.381 e. The predicted molar refractivity (Wildman–Crippen MR) is 120 cm³/mol. The molecule has 0 bridgehead atoms. The van der Waals surface area contributed by atoms with E-state index in [0.717, 1.165) is 78.1 Å². The van der Waals surface area contributed by atoms with Crippen molar-refractivity contribution in [2.45, 2.75) is 12.8 Å². The van der Waals surface area contributed by atoms with Crippen molar-refractivity contribution in [3.8, 4) is 0 Å². The number of hydrogen-bond acceptors (Lipinski definition) is 5. The molecule has 0 aromatic carbocycles. The van der Waals surface area contributed by atoms with Gasteiger partial charge in [-0.1, -0.05) is 0 Å². The number of nitrogens with zero attached hydrogens (tertiary/aromatic N) is 4. The van der Waals surface area contributed by atoms with Gasteiger partial charge in [0.25, 0.3) is 0 Å². The van der Waals surface area contributed by atoms with Crippen molar-refractivity contribution < 1.29 is 14.3 Å². The zero-order valence-corrected chi connectivity index (χ0v) is 19.6. The average molecular weight is 509 g/mol. The molecule has 3 saturated heterocycles. The number of carbonyl (C=O) groups excluding carboxylic acids is 1. The lowest BCUT2D eigenvalue weighted by Gasteiger charge is -2.29. The van der Waals surface area contributed by atoms with E-state index in [1.807, 2.05) is 0 Å². The highest BCUT2D eigenvalue weighted by atomic mass is 127. The van der Waals surface area contributed by atoms with Crippen LogP contribution in [-0.4, -0.2) is 113 Å². The minimum atomic E-state index is 0. The average Bonchev–Trinajstić information content (AvgIpc) is 3.34. The fourth-order valence-corrected chi connectivity index (χ4v) is 3.85. The smallest absolute Gasteiger partial charge is 0.243 e. The van der Waals surface area contributed by atoms with E-state index in [2.05, 4.69) is 20.1 Å². The standard InChI is InChI=1S/C19H35N5O3.HI/c1-22(2)18(25)12-21-19(20-11-16-4-8-27-15-16)24-5-3-17(14-24)13-23-6-9-26-10-7-23;/h16-17H,3-15H2,1-2H3,(H,20,21);1H. The van der Waals surface area contributed by atoms with Gasteiger partial charge in [-0.15, -0.1) is 24.0 Å². The van der Waals surface area contributed by atoms with Crippen molar-refractivity contribution >= 4 is 35.8 Å². The summed E-state index contributed by atoms with van der Waals surface area (Å²) in [5.74, 6) is 2.09. The van der Waals surface area contributed by atoms with Gasteiger partial charge in [0.15, 0.2) is 5.96 Å². The van der Waals surface area contributed by atoms with E-state index in [1.54, 1.807) is 19.0 Å². The molecule has 0 aromatic heterocycles. The summed E-state index contributed by atoms with van der Waals surface area (Å²) < 4.78 is 10.9. The fourth-order valence-electron chi connectivity index (χ4n) is 3.85. The highest BCUT2D eigenvalue weighted by Gasteiger charge is 2.28. The molecule has 1 amide bonds. The summed E-state index contributed by atoms with van der Waals surface area (Å²) >= 11 is 0. The first-order chi connectivity index (χ1) is 13.1. The van der Waals surface area contributed by atoms with Gasteiger partial charge in [0.1, 0.15) is 6.54 Å². The quantitative estimate of drug-likeness (QED) is 0.316. The summed E-state index contributed by atoms with van der Waals surface area (Å²) in [5, 5.41) is 3.51. The maximum Gasteiger partial charge on any atom is 0.243 e. The van der Waals surface area contributed by atoms with Gasteiger partial charge in [0.05, 0.1) is 19.8 Å². The Morgan fingerprint density at radius 3 is 2.57 bits per heavy atom. The maximum absolute atomic E-state index is 12.0. The van der Waals surface area contributed by atoms with Crippen LogP contribution in [0.4, 0.5) is 0 Å². The molecule has 3 fully saturated rings. The van der Waals surface area contributed by atoms with E-state index in [4.69, 9.17) is 9.47 Å². The Bertz CT molecular complexity index is 508. The zero-order valence-electron chi connectivity index (χ0n) is 17.3. The minimum absolute atomic E-state index is 0. The Kier molecular flexibility index (Phi) is 10.2. The molecule has 1 N–H and O–H groups in total. The molecule has 0 aromatic rings. The number of aliphatic imine (C=N–C) groups is 1. The second-order valence-electron chi connectivity index (χ2n) is 8.05. The van der Waals surface area contributed by atoms with Crippen LogP contribution in [0.25, 0.3) is 0 Å². The lowest BCUT2D eigenvalue weighted by Crippen LogP contribution is -2.44. The number of ether oxygens (including phenoxy) is 2. The first-order valence-corrected chi connectivity index (χ1v) is 10.2. The van der Waals surface area contributed by atoms with Crippen molar-refractivity contribution in [1.82, 2.24) is 20.0 Å². The number of carbonyl (C=O) groups is 1. The normalized spacial score (nSPS) is 26.2. The van der Waals surface area contributed by atoms with Gasteiger partial charge in [-0.25, -0.2) is 4.99 Å². The Morgan fingerprint density at radius 2 is 1.89 bits per heavy atom. The molecule has 0 aliphatic carbocycles. The molecule has 8 nitrogen and oxygen atoms in total. The summed E-state index contributed by atoms with van der Waals surface area (Å²) in [4.78, 5) is 23.0. The third kappa shape index (κ3) is 7.31. The van der Waals surface area contributed by atoms with Crippen LogP contribution in [0.3, 0.4) is 0 Å². The Labute approximate surface area is 186 Å². The number of morpholine rings is 1. The lowest BCUT2D eigenvalue weighted by molar-refractivity contribution is -0.127. The number of rotatable bonds is 6. The molecule has 2 unspecified atom stereocenters. The first-order valence-electron chi connectivity index (χ1n) is 10.2. The van der Waals surface area contributed by atoms with Gasteiger partial charge in [-0.3, -0.25) is 9.69 Å². The zero-order chi connectivity index (χ0) is 19.1. The minimum Gasteiger partial charge on any atom is -0.381 e. The van der Waals surface area contributed by atoms with Crippen LogP contribution in [0.2, 0.25) is 0 Å². The molecule has 3 rings (SSSR count). The van der Waals surface area contributed by atoms with Crippen molar-refractivity contribution in [2.24, 2.45) is 16.8 Å². The Balaban J connectivity index is 0.00000280. The predicted octanol–water partition coefficient (Wildman–Crippen LogP) is 0.329. The van der Waals surface area contributed by atoms with Crippen LogP contribution in [0, 0.1) is 11.8 Å². The van der Waals surface area contributed by atoms with Crippen LogP contribution in [0.5, 0.6) is 0 Å². The maximum atomic E-state index is 12.0. The molecule has 0 radical (unpaired) electrons. The van der Waals surface area contributed by atoms with Crippen LogP contribution in [-0.2, 0) is 14.3 Å². The third-order valence-electron chi connectivity index (χ3n) is 5.64. The van der Waals surface area contributed by atoms with Gasteiger partial charge < -0.3 is 24.6 Å². The number of hydrogen-bond donors (Lipinski definition) is 1. The topological polar surface area (TPSA) is 69.6 Å². The molecule has 3 aliphatic rings. The van der Waals surface area contributed by atoms with Gasteiger partial charge in [-0.2, -0.15) is 0 Å². The van der Waals surface area contributed by atoms with Gasteiger partial charge in [0.2, 0.25) is 5.91 Å². The SMILES string of the molecule is CN(C)C(=O)CN=C(NCC1CCOC1)N1CCC(CN2CCOCC2)C1.I. The highest BCUT2D eigenvalue weighted by Crippen LogP contribution is 2.19. The summed E-state index contributed by atoms with van der Waals surface area (Å²) in [6.45, 7) is 9.62. The number of nitrogens with one attached hydrogen (secondary N) is 1.